The number of likely N-dealkylation sites (tertiary alicyclic amines) is 1. The third-order valence-electron chi connectivity index (χ3n) is 7.21. The molecular weight excluding hydrogens is 286 g/mol. The first-order valence-electron chi connectivity index (χ1n) is 9.33. The van der Waals surface area contributed by atoms with Crippen molar-refractivity contribution >= 4 is 0 Å². The van der Waals surface area contributed by atoms with Gasteiger partial charge in [0.25, 0.3) is 0 Å². The van der Waals surface area contributed by atoms with E-state index >= 15 is 0 Å². The Bertz CT molecular complexity index is 641. The van der Waals surface area contributed by atoms with E-state index < -0.39 is 0 Å². The minimum Gasteiger partial charge on any atom is -0.508 e. The predicted molar refractivity (Wildman–Crippen MR) is 89.8 cm³/mol. The molecule has 1 saturated carbocycles. The summed E-state index contributed by atoms with van der Waals surface area (Å²) in [7, 11) is 0. The number of piperidine rings is 1. The fourth-order valence-electron chi connectivity index (χ4n) is 5.78. The normalized spacial score (nSPS) is 39.6. The Morgan fingerprint density at radius 1 is 1.30 bits per heavy atom. The molecule has 3 atom stereocenters. The molecule has 2 heterocycles. The lowest BCUT2D eigenvalue weighted by molar-refractivity contribution is -0.197. The molecule has 0 spiro atoms. The third-order valence-corrected chi connectivity index (χ3v) is 7.21. The SMILES string of the molecule is C[C@@]12OCCC[C@@]13CCN(CC1CC1)[C@H]2Cc1ccc(O)cc13. The van der Waals surface area contributed by atoms with E-state index in [1.54, 1.807) is 0 Å². The van der Waals surface area contributed by atoms with Gasteiger partial charge in [0.2, 0.25) is 0 Å². The minimum absolute atomic E-state index is 0.0980. The first-order valence-corrected chi connectivity index (χ1v) is 9.33. The van der Waals surface area contributed by atoms with Gasteiger partial charge in [0.1, 0.15) is 5.75 Å². The highest BCUT2D eigenvalue weighted by atomic mass is 16.5. The van der Waals surface area contributed by atoms with Crippen molar-refractivity contribution in [1.82, 2.24) is 4.90 Å². The van der Waals surface area contributed by atoms with Gasteiger partial charge in [0, 0.05) is 24.6 Å². The van der Waals surface area contributed by atoms with Gasteiger partial charge in [-0.05, 0) is 81.2 Å². The molecule has 1 aromatic rings. The zero-order valence-corrected chi connectivity index (χ0v) is 14.1. The Morgan fingerprint density at radius 3 is 3.00 bits per heavy atom. The van der Waals surface area contributed by atoms with Crippen molar-refractivity contribution < 1.29 is 9.84 Å². The summed E-state index contributed by atoms with van der Waals surface area (Å²) in [4.78, 5) is 2.73. The summed E-state index contributed by atoms with van der Waals surface area (Å²) in [5, 5.41) is 10.1. The van der Waals surface area contributed by atoms with E-state index in [1.165, 1.54) is 49.9 Å². The van der Waals surface area contributed by atoms with Gasteiger partial charge in [-0.2, -0.15) is 0 Å². The number of ether oxygens (including phenoxy) is 1. The lowest BCUT2D eigenvalue weighted by Crippen LogP contribution is -2.72. The van der Waals surface area contributed by atoms with Crippen LogP contribution in [0.3, 0.4) is 0 Å². The summed E-state index contributed by atoms with van der Waals surface area (Å²) in [5.41, 5.74) is 2.82. The average Bonchev–Trinajstić information content (AvgIpc) is 3.34. The van der Waals surface area contributed by atoms with E-state index in [1.807, 2.05) is 12.1 Å². The first kappa shape index (κ1) is 14.3. The number of nitrogens with zero attached hydrogens (tertiary/aromatic N) is 1. The van der Waals surface area contributed by atoms with E-state index in [0.29, 0.717) is 11.8 Å². The van der Waals surface area contributed by atoms with Crippen LogP contribution in [0.25, 0.3) is 0 Å². The molecule has 0 radical (unpaired) electrons. The van der Waals surface area contributed by atoms with Crippen molar-refractivity contribution in [3.05, 3.63) is 29.3 Å². The fraction of sp³-hybridized carbons (Fsp3) is 0.700. The molecule has 2 aliphatic carbocycles. The summed E-state index contributed by atoms with van der Waals surface area (Å²) < 4.78 is 6.53. The van der Waals surface area contributed by atoms with Crippen LogP contribution < -0.4 is 0 Å². The molecule has 2 aliphatic heterocycles. The highest BCUT2D eigenvalue weighted by molar-refractivity contribution is 5.47. The predicted octanol–water partition coefficient (Wildman–Crippen LogP) is 3.24. The average molecular weight is 313 g/mol. The monoisotopic (exact) mass is 313 g/mol. The highest BCUT2D eigenvalue weighted by Crippen LogP contribution is 2.58. The molecule has 0 amide bonds. The van der Waals surface area contributed by atoms with Gasteiger partial charge >= 0.3 is 0 Å². The first-order chi connectivity index (χ1) is 11.1. The number of hydrogen-bond donors (Lipinski definition) is 1. The molecule has 1 N–H and O–H groups in total. The molecular formula is C20H27NO2. The Kier molecular flexibility index (Phi) is 2.94. The number of aromatic hydroxyl groups is 1. The number of phenols is 1. The van der Waals surface area contributed by atoms with Crippen molar-refractivity contribution in [3.63, 3.8) is 0 Å². The Morgan fingerprint density at radius 2 is 2.17 bits per heavy atom. The van der Waals surface area contributed by atoms with Crippen molar-refractivity contribution in [2.75, 3.05) is 19.7 Å². The number of benzene rings is 1. The van der Waals surface area contributed by atoms with Gasteiger partial charge < -0.3 is 9.84 Å². The van der Waals surface area contributed by atoms with Crippen molar-refractivity contribution in [2.45, 2.75) is 62.5 Å². The summed E-state index contributed by atoms with van der Waals surface area (Å²) in [6.07, 6.45) is 7.41. The van der Waals surface area contributed by atoms with Crippen LogP contribution in [-0.2, 0) is 16.6 Å². The van der Waals surface area contributed by atoms with Crippen molar-refractivity contribution in [2.24, 2.45) is 5.92 Å². The van der Waals surface area contributed by atoms with E-state index in [4.69, 9.17) is 4.74 Å². The summed E-state index contributed by atoms with van der Waals surface area (Å²) >= 11 is 0. The van der Waals surface area contributed by atoms with E-state index in [2.05, 4.69) is 17.9 Å². The molecule has 1 aromatic carbocycles. The second-order valence-electron chi connectivity index (χ2n) is 8.39. The van der Waals surface area contributed by atoms with E-state index in [-0.39, 0.29) is 11.0 Å². The zero-order chi connectivity index (χ0) is 15.7. The zero-order valence-electron chi connectivity index (χ0n) is 14.1. The lowest BCUT2D eigenvalue weighted by Gasteiger charge is -2.64. The maximum absolute atomic E-state index is 10.1. The van der Waals surface area contributed by atoms with Crippen LogP contribution in [0.4, 0.5) is 0 Å². The molecule has 2 bridgehead atoms. The summed E-state index contributed by atoms with van der Waals surface area (Å²) in [6, 6.07) is 6.56. The molecule has 23 heavy (non-hydrogen) atoms. The molecule has 2 saturated heterocycles. The molecule has 0 unspecified atom stereocenters. The molecule has 5 rings (SSSR count). The summed E-state index contributed by atoms with van der Waals surface area (Å²) in [5.74, 6) is 1.33. The van der Waals surface area contributed by atoms with E-state index in [9.17, 15) is 5.11 Å². The Hall–Kier alpha value is -1.06. The molecule has 3 nitrogen and oxygen atoms in total. The number of phenolic OH excluding ortho intramolecular Hbond substituents is 1. The summed E-state index contributed by atoms with van der Waals surface area (Å²) in [6.45, 7) is 5.70. The quantitative estimate of drug-likeness (QED) is 0.910. The van der Waals surface area contributed by atoms with Crippen LogP contribution >= 0.6 is 0 Å². The number of fused-ring (bicyclic) bond motifs is 1. The topological polar surface area (TPSA) is 32.7 Å². The van der Waals surface area contributed by atoms with Crippen molar-refractivity contribution in [3.8, 4) is 5.75 Å². The van der Waals surface area contributed by atoms with Crippen LogP contribution in [0.15, 0.2) is 18.2 Å². The van der Waals surface area contributed by atoms with Gasteiger partial charge in [-0.25, -0.2) is 0 Å². The van der Waals surface area contributed by atoms with Gasteiger partial charge in [0.05, 0.1) is 5.60 Å². The second kappa shape index (κ2) is 4.73. The van der Waals surface area contributed by atoms with Gasteiger partial charge in [-0.3, -0.25) is 4.90 Å². The standard InChI is InChI=1S/C20H27NO2/c1-19-18-11-15-5-6-16(22)12-17(15)20(19,7-2-10-23-19)8-9-21(18)13-14-3-4-14/h5-6,12,14,18,22H,2-4,7-11,13H2,1H3/t18-,19-,20-/m0/s1. The van der Waals surface area contributed by atoms with E-state index in [0.717, 1.165) is 25.4 Å². The minimum atomic E-state index is -0.0980. The van der Waals surface area contributed by atoms with Crippen LogP contribution in [0, 0.1) is 5.92 Å². The Balaban J connectivity index is 1.64. The third kappa shape index (κ3) is 1.90. The van der Waals surface area contributed by atoms with Gasteiger partial charge in [0.15, 0.2) is 0 Å². The second-order valence-corrected chi connectivity index (χ2v) is 8.39. The van der Waals surface area contributed by atoms with Gasteiger partial charge in [-0.1, -0.05) is 6.07 Å². The maximum atomic E-state index is 10.1. The molecule has 0 aromatic heterocycles. The van der Waals surface area contributed by atoms with Crippen LogP contribution in [0.1, 0.15) is 50.2 Å². The number of rotatable bonds is 2. The Labute approximate surface area is 138 Å². The molecule has 124 valence electrons. The maximum Gasteiger partial charge on any atom is 0.115 e. The van der Waals surface area contributed by atoms with Crippen LogP contribution in [0.2, 0.25) is 0 Å². The lowest BCUT2D eigenvalue weighted by atomic mass is 9.52. The number of hydrogen-bond acceptors (Lipinski definition) is 3. The van der Waals surface area contributed by atoms with Crippen LogP contribution in [-0.4, -0.2) is 41.3 Å². The highest BCUT2D eigenvalue weighted by Gasteiger charge is 2.62. The fourth-order valence-corrected chi connectivity index (χ4v) is 5.78. The molecule has 4 aliphatic rings. The molecule has 3 fully saturated rings. The largest absolute Gasteiger partial charge is 0.508 e. The van der Waals surface area contributed by atoms with Crippen LogP contribution in [0.5, 0.6) is 5.75 Å². The molecule has 3 heteroatoms. The smallest absolute Gasteiger partial charge is 0.115 e. The van der Waals surface area contributed by atoms with Crippen molar-refractivity contribution in [1.29, 1.82) is 0 Å². The van der Waals surface area contributed by atoms with Gasteiger partial charge in [-0.15, -0.1) is 0 Å².